The number of rotatable bonds is 7. The first-order chi connectivity index (χ1) is 15.6. The van der Waals surface area contributed by atoms with Crippen LogP contribution in [0, 0.1) is 5.92 Å². The number of carbonyl (C=O) groups is 1. The van der Waals surface area contributed by atoms with Crippen molar-refractivity contribution in [3.05, 3.63) is 69.8 Å². The zero-order valence-electron chi connectivity index (χ0n) is 18.6. The van der Waals surface area contributed by atoms with Gasteiger partial charge in [0.15, 0.2) is 0 Å². The maximum absolute atomic E-state index is 12.5. The minimum Gasteiger partial charge on any atom is -0.497 e. The summed E-state index contributed by atoms with van der Waals surface area (Å²) < 4.78 is 9.99. The minimum absolute atomic E-state index is 0.184. The lowest BCUT2D eigenvalue weighted by Gasteiger charge is -2.31. The molecule has 1 N–H and O–H groups in total. The molecule has 2 aromatic carbocycles. The number of nitrogens with one attached hydrogen (secondary N) is 1. The van der Waals surface area contributed by atoms with Gasteiger partial charge in [-0.1, -0.05) is 12.1 Å². The van der Waals surface area contributed by atoms with Gasteiger partial charge in [0.2, 0.25) is 0 Å². The van der Waals surface area contributed by atoms with Crippen molar-refractivity contribution in [1.82, 2.24) is 14.9 Å². The Kier molecular flexibility index (Phi) is 6.85. The molecule has 0 amide bonds. The molecule has 0 atom stereocenters. The Bertz CT molecular complexity index is 1130. The highest BCUT2D eigenvalue weighted by molar-refractivity contribution is 5.93. The van der Waals surface area contributed by atoms with Crippen molar-refractivity contribution < 1.29 is 14.3 Å². The summed E-state index contributed by atoms with van der Waals surface area (Å²) in [4.78, 5) is 34.1. The molecule has 2 heterocycles. The molecule has 1 aliphatic heterocycles. The average Bonchev–Trinajstić information content (AvgIpc) is 2.83. The van der Waals surface area contributed by atoms with Crippen LogP contribution >= 0.6 is 0 Å². The van der Waals surface area contributed by atoms with Crippen LogP contribution < -0.4 is 10.3 Å². The lowest BCUT2D eigenvalue weighted by Crippen LogP contribution is -2.34. The summed E-state index contributed by atoms with van der Waals surface area (Å²) in [7, 11) is 3.02. The highest BCUT2D eigenvalue weighted by Gasteiger charge is 2.20. The monoisotopic (exact) mass is 435 g/mol. The van der Waals surface area contributed by atoms with Crippen LogP contribution in [0.2, 0.25) is 0 Å². The van der Waals surface area contributed by atoms with Gasteiger partial charge in [-0.05, 0) is 80.6 Å². The number of piperidine rings is 1. The molecule has 0 spiro atoms. The summed E-state index contributed by atoms with van der Waals surface area (Å²) in [6.07, 6.45) is 4.54. The third-order valence-corrected chi connectivity index (χ3v) is 6.26. The Balaban J connectivity index is 1.34. The molecule has 0 radical (unpaired) electrons. The number of fused-ring (bicyclic) bond motifs is 1. The van der Waals surface area contributed by atoms with Crippen molar-refractivity contribution in [1.29, 1.82) is 0 Å². The molecule has 7 heteroatoms. The third-order valence-electron chi connectivity index (χ3n) is 6.26. The van der Waals surface area contributed by atoms with E-state index in [1.165, 1.54) is 19.1 Å². The summed E-state index contributed by atoms with van der Waals surface area (Å²) in [5.41, 5.74) is 2.07. The second-order valence-electron chi connectivity index (χ2n) is 8.34. The van der Waals surface area contributed by atoms with Gasteiger partial charge >= 0.3 is 5.97 Å². The number of benzene rings is 2. The number of methoxy groups -OCH3 is 2. The molecule has 7 nitrogen and oxygen atoms in total. The van der Waals surface area contributed by atoms with Gasteiger partial charge < -0.3 is 14.5 Å². The molecule has 0 unspecified atom stereocenters. The number of hydrogen-bond donors (Lipinski definition) is 1. The molecule has 1 fully saturated rings. The minimum atomic E-state index is -0.438. The third kappa shape index (κ3) is 5.16. The Morgan fingerprint density at radius 2 is 1.88 bits per heavy atom. The molecular formula is C25H29N3O4. The zero-order valence-corrected chi connectivity index (χ0v) is 18.6. The highest BCUT2D eigenvalue weighted by Crippen LogP contribution is 2.24. The van der Waals surface area contributed by atoms with E-state index in [0.29, 0.717) is 34.8 Å². The number of carbonyl (C=O) groups excluding carboxylic acids is 1. The smallest absolute Gasteiger partial charge is 0.337 e. The van der Waals surface area contributed by atoms with Crippen LogP contribution in [0.15, 0.2) is 47.3 Å². The van der Waals surface area contributed by atoms with E-state index in [1.807, 2.05) is 12.1 Å². The maximum atomic E-state index is 12.5. The standard InChI is InChI=1S/C25H29N3O4/c1-31-20-8-5-17(6-9-20)3-4-18-11-13-28(14-12-18)16-23-26-22-15-19(25(30)32-2)7-10-21(22)24(29)27-23/h5-10,15,18H,3-4,11-14,16H2,1-2H3,(H,26,27,29). The average molecular weight is 436 g/mol. The van der Waals surface area contributed by atoms with E-state index in [4.69, 9.17) is 9.47 Å². The van der Waals surface area contributed by atoms with Crippen molar-refractivity contribution in [2.24, 2.45) is 5.92 Å². The molecule has 4 rings (SSSR count). The van der Waals surface area contributed by atoms with Crippen LogP contribution in [0.3, 0.4) is 0 Å². The van der Waals surface area contributed by atoms with E-state index in [-0.39, 0.29) is 5.56 Å². The molecular weight excluding hydrogens is 406 g/mol. The Morgan fingerprint density at radius 3 is 2.56 bits per heavy atom. The van der Waals surface area contributed by atoms with Crippen molar-refractivity contribution in [3.63, 3.8) is 0 Å². The topological polar surface area (TPSA) is 84.5 Å². The van der Waals surface area contributed by atoms with Gasteiger partial charge in [0.25, 0.3) is 5.56 Å². The maximum Gasteiger partial charge on any atom is 0.337 e. The van der Waals surface area contributed by atoms with Gasteiger partial charge in [0.1, 0.15) is 11.6 Å². The SMILES string of the molecule is COC(=O)c1ccc2c(=O)[nH]c(CN3CCC(CCc4ccc(OC)cc4)CC3)nc2c1. The molecule has 0 aliphatic carbocycles. The number of aryl methyl sites for hydroxylation is 1. The van der Waals surface area contributed by atoms with Crippen LogP contribution in [0.5, 0.6) is 5.75 Å². The molecule has 1 saturated heterocycles. The van der Waals surface area contributed by atoms with Crippen molar-refractivity contribution in [2.45, 2.75) is 32.2 Å². The number of likely N-dealkylation sites (tertiary alicyclic amines) is 1. The van der Waals surface area contributed by atoms with E-state index in [2.05, 4.69) is 27.0 Å². The fraction of sp³-hybridized carbons (Fsp3) is 0.400. The predicted molar refractivity (Wildman–Crippen MR) is 123 cm³/mol. The number of H-pyrrole nitrogens is 1. The number of nitrogens with zero attached hydrogens (tertiary/aromatic N) is 2. The number of hydrogen-bond acceptors (Lipinski definition) is 6. The summed E-state index contributed by atoms with van der Waals surface area (Å²) in [6, 6.07) is 13.1. The normalized spacial score (nSPS) is 15.1. The van der Waals surface area contributed by atoms with Crippen molar-refractivity contribution >= 4 is 16.9 Å². The lowest BCUT2D eigenvalue weighted by atomic mass is 9.90. The Labute approximate surface area is 187 Å². The fourth-order valence-corrected chi connectivity index (χ4v) is 4.32. The van der Waals surface area contributed by atoms with Crippen LogP contribution in [-0.4, -0.2) is 48.1 Å². The molecule has 0 bridgehead atoms. The van der Waals surface area contributed by atoms with E-state index >= 15 is 0 Å². The van der Waals surface area contributed by atoms with Gasteiger partial charge in [-0.15, -0.1) is 0 Å². The van der Waals surface area contributed by atoms with Gasteiger partial charge in [0, 0.05) is 0 Å². The summed E-state index contributed by atoms with van der Waals surface area (Å²) in [6.45, 7) is 2.56. The molecule has 168 valence electrons. The second kappa shape index (κ2) is 9.96. The summed E-state index contributed by atoms with van der Waals surface area (Å²) >= 11 is 0. The van der Waals surface area contributed by atoms with Crippen LogP contribution in [0.4, 0.5) is 0 Å². The van der Waals surface area contributed by atoms with Gasteiger partial charge in [-0.2, -0.15) is 0 Å². The zero-order chi connectivity index (χ0) is 22.5. The van der Waals surface area contributed by atoms with Crippen LogP contribution in [0.25, 0.3) is 10.9 Å². The first kappa shape index (κ1) is 22.0. The Hall–Kier alpha value is -3.19. The molecule has 3 aromatic rings. The summed E-state index contributed by atoms with van der Waals surface area (Å²) in [5, 5.41) is 0.471. The van der Waals surface area contributed by atoms with Crippen molar-refractivity contribution in [2.75, 3.05) is 27.3 Å². The fourth-order valence-electron chi connectivity index (χ4n) is 4.32. The van der Waals surface area contributed by atoms with Gasteiger partial charge in [0.05, 0.1) is 37.2 Å². The predicted octanol–water partition coefficient (Wildman–Crippen LogP) is 3.56. The quantitative estimate of drug-likeness (QED) is 0.571. The highest BCUT2D eigenvalue weighted by atomic mass is 16.5. The molecule has 32 heavy (non-hydrogen) atoms. The van der Waals surface area contributed by atoms with E-state index in [9.17, 15) is 9.59 Å². The van der Waals surface area contributed by atoms with Gasteiger partial charge in [-0.25, -0.2) is 9.78 Å². The first-order valence-electron chi connectivity index (χ1n) is 11.0. The van der Waals surface area contributed by atoms with Crippen LogP contribution in [-0.2, 0) is 17.7 Å². The lowest BCUT2D eigenvalue weighted by molar-refractivity contribution is 0.0601. The number of esters is 1. The van der Waals surface area contributed by atoms with E-state index < -0.39 is 5.97 Å². The number of aromatic amines is 1. The molecule has 1 aliphatic rings. The molecule has 0 saturated carbocycles. The number of ether oxygens (including phenoxy) is 2. The first-order valence-corrected chi connectivity index (χ1v) is 11.0. The van der Waals surface area contributed by atoms with Crippen LogP contribution in [0.1, 0.15) is 41.0 Å². The summed E-state index contributed by atoms with van der Waals surface area (Å²) in [5.74, 6) is 1.79. The number of aromatic nitrogens is 2. The second-order valence-corrected chi connectivity index (χ2v) is 8.34. The molecule has 1 aromatic heterocycles. The largest absolute Gasteiger partial charge is 0.497 e. The van der Waals surface area contributed by atoms with Crippen molar-refractivity contribution in [3.8, 4) is 5.75 Å². The van der Waals surface area contributed by atoms with Gasteiger partial charge in [-0.3, -0.25) is 9.69 Å². The Morgan fingerprint density at radius 1 is 1.12 bits per heavy atom. The van der Waals surface area contributed by atoms with E-state index in [0.717, 1.165) is 38.1 Å². The van der Waals surface area contributed by atoms with E-state index in [1.54, 1.807) is 25.3 Å².